The van der Waals surface area contributed by atoms with E-state index in [1.54, 1.807) is 38.1 Å². The standard InChI is InChI=1S/C36H48ClN3O15/c1-16-8-7-9-24(50-6)36(48)14-22(53-34(47)39-36)17(2)31-35(4,55-31)25(51-18(3)42)13-26(43)40(20-11-19(10-16)12-21(49-5)27(20)37)32-29(45)28(44)30(54-33(38)46)23(15-41)52-32/h7-9,11-12,17,22-25,28-32,41,44-45,48H,10,13-15H2,1-6H3,(H2,38,46)(H,39,47)/b9-7-,16-8-/t17-,22+,23-,24-,25+,28-,29-,30-,31+,32-,35+,36+/m1/s1. The first-order chi connectivity index (χ1) is 25.9. The molecule has 18 nitrogen and oxygen atoms in total. The van der Waals surface area contributed by atoms with E-state index in [2.05, 4.69) is 5.32 Å². The number of carbonyl (C=O) groups excluding carboxylic acids is 4. The minimum atomic E-state index is -1.98. The first-order valence-corrected chi connectivity index (χ1v) is 17.9. The molecule has 0 radical (unpaired) electrons. The molecule has 4 aliphatic rings. The summed E-state index contributed by atoms with van der Waals surface area (Å²) in [4.78, 5) is 52.7. The minimum absolute atomic E-state index is 0.0497. The van der Waals surface area contributed by atoms with E-state index in [4.69, 9.17) is 50.5 Å². The number of nitrogens with two attached hydrogens (primary N) is 1. The summed E-state index contributed by atoms with van der Waals surface area (Å²) >= 11 is 6.88. The van der Waals surface area contributed by atoms with Crippen LogP contribution in [0.15, 0.2) is 35.9 Å². The highest BCUT2D eigenvalue weighted by molar-refractivity contribution is 6.35. The minimum Gasteiger partial charge on any atom is -0.495 e. The van der Waals surface area contributed by atoms with Crippen LogP contribution >= 0.6 is 11.6 Å². The van der Waals surface area contributed by atoms with E-state index in [0.717, 1.165) is 17.4 Å². The number of nitrogens with one attached hydrogen (secondary N) is 1. The number of fused-ring (bicyclic) bond motifs is 5. The molecule has 4 heterocycles. The number of hydrogen-bond acceptors (Lipinski definition) is 15. The molecule has 0 spiro atoms. The van der Waals surface area contributed by atoms with Gasteiger partial charge in [-0.05, 0) is 38.0 Å². The second-order valence-electron chi connectivity index (χ2n) is 14.3. The summed E-state index contributed by atoms with van der Waals surface area (Å²) in [7, 11) is 2.74. The van der Waals surface area contributed by atoms with E-state index in [1.807, 2.05) is 6.92 Å². The van der Waals surface area contributed by atoms with Gasteiger partial charge in [-0.15, -0.1) is 0 Å². The number of aliphatic hydroxyl groups is 4. The fourth-order valence-electron chi connectivity index (χ4n) is 7.54. The zero-order valence-electron chi connectivity index (χ0n) is 31.2. The van der Waals surface area contributed by atoms with Gasteiger partial charge in [0.1, 0.15) is 53.0 Å². The van der Waals surface area contributed by atoms with Gasteiger partial charge in [-0.1, -0.05) is 42.3 Å². The SMILES string of the molecule is COc1cc2cc(c1Cl)N([C@@H]1O[C@H](CO)[C@@H](OC(N)=O)[C@H](O)[C@H]1O)C(=O)C[C@H](OC(C)=O)[C@]1(C)O[C@H]1[C@H](C)[C@@H]1C[C@@](O)(NC(=O)O1)[C@H](OC)/C=C\C=C(\C)C2. The number of hydrogen-bond donors (Lipinski definition) is 6. The second-order valence-corrected chi connectivity index (χ2v) is 14.7. The number of benzene rings is 1. The highest BCUT2D eigenvalue weighted by atomic mass is 35.5. The molecule has 0 aromatic heterocycles. The largest absolute Gasteiger partial charge is 0.495 e. The number of aliphatic hydroxyl groups excluding tert-OH is 3. The van der Waals surface area contributed by atoms with Crippen molar-refractivity contribution in [2.75, 3.05) is 25.7 Å². The van der Waals surface area contributed by atoms with Gasteiger partial charge in [0.05, 0.1) is 31.9 Å². The molecule has 0 aliphatic carbocycles. The van der Waals surface area contributed by atoms with Crippen molar-refractivity contribution < 1.29 is 72.8 Å². The van der Waals surface area contributed by atoms with Crippen LogP contribution in [0.25, 0.3) is 0 Å². The van der Waals surface area contributed by atoms with Gasteiger partial charge in [-0.25, -0.2) is 9.59 Å². The summed E-state index contributed by atoms with van der Waals surface area (Å²) in [5, 5.41) is 46.9. The van der Waals surface area contributed by atoms with E-state index in [-0.39, 0.29) is 29.3 Å². The Balaban J connectivity index is 1.67. The number of epoxide rings is 1. The van der Waals surface area contributed by atoms with Gasteiger partial charge >= 0.3 is 18.2 Å². The van der Waals surface area contributed by atoms with Crippen molar-refractivity contribution >= 4 is 41.4 Å². The Hall–Kier alpha value is -4.01. The smallest absolute Gasteiger partial charge is 0.409 e. The molecule has 3 fully saturated rings. The zero-order valence-corrected chi connectivity index (χ0v) is 31.9. The van der Waals surface area contributed by atoms with Crippen molar-refractivity contribution in [1.82, 2.24) is 5.32 Å². The van der Waals surface area contributed by atoms with Crippen LogP contribution in [-0.2, 0) is 44.4 Å². The van der Waals surface area contributed by atoms with Crippen LogP contribution in [-0.4, -0.2) is 132 Å². The number of allylic oxidation sites excluding steroid dienone is 3. The van der Waals surface area contributed by atoms with Gasteiger partial charge in [0, 0.05) is 26.4 Å². The number of halogens is 1. The maximum absolute atomic E-state index is 14.8. The number of amides is 3. The van der Waals surface area contributed by atoms with Crippen LogP contribution in [0, 0.1) is 5.92 Å². The quantitative estimate of drug-likeness (QED) is 0.133. The normalized spacial score (nSPS) is 38.3. The van der Waals surface area contributed by atoms with E-state index < -0.39 is 109 Å². The van der Waals surface area contributed by atoms with E-state index in [0.29, 0.717) is 5.56 Å². The number of methoxy groups -OCH3 is 2. The first-order valence-electron chi connectivity index (χ1n) is 17.6. The summed E-state index contributed by atoms with van der Waals surface area (Å²) in [6.45, 7) is 5.44. The van der Waals surface area contributed by atoms with Crippen LogP contribution in [0.1, 0.15) is 46.1 Å². The van der Waals surface area contributed by atoms with Crippen molar-refractivity contribution in [3.8, 4) is 5.75 Å². The molecule has 0 saturated carbocycles. The fraction of sp³-hybridized carbons (Fsp3) is 0.611. The number of nitrogens with zero attached hydrogens (tertiary/aromatic N) is 1. The number of ether oxygens (including phenoxy) is 7. The zero-order chi connectivity index (χ0) is 40.6. The lowest BCUT2D eigenvalue weighted by molar-refractivity contribution is -0.227. The van der Waals surface area contributed by atoms with E-state index in [1.165, 1.54) is 20.3 Å². The van der Waals surface area contributed by atoms with Gasteiger partial charge in [-0.2, -0.15) is 0 Å². The number of primary amides is 1. The number of esters is 1. The molecule has 1 aromatic carbocycles. The Morgan fingerprint density at radius 1 is 1.16 bits per heavy atom. The third-order valence-corrected chi connectivity index (χ3v) is 10.8. The van der Waals surface area contributed by atoms with Gasteiger partial charge in [0.2, 0.25) is 5.91 Å². The lowest BCUT2D eigenvalue weighted by Gasteiger charge is -2.45. The van der Waals surface area contributed by atoms with Crippen molar-refractivity contribution in [2.24, 2.45) is 11.7 Å². The van der Waals surface area contributed by atoms with Crippen molar-refractivity contribution in [1.29, 1.82) is 0 Å². The first kappa shape index (κ1) is 42.1. The maximum Gasteiger partial charge on any atom is 0.409 e. The lowest BCUT2D eigenvalue weighted by Crippen LogP contribution is -2.65. The predicted octanol–water partition coefficient (Wildman–Crippen LogP) is 0.961. The average Bonchev–Trinajstić information content (AvgIpc) is 3.81. The molecule has 4 aliphatic heterocycles. The number of carbonyl (C=O) groups is 4. The molecule has 12 atom stereocenters. The highest BCUT2D eigenvalue weighted by Crippen LogP contribution is 2.49. The van der Waals surface area contributed by atoms with Gasteiger partial charge < -0.3 is 59.3 Å². The van der Waals surface area contributed by atoms with Crippen LogP contribution in [0.4, 0.5) is 15.3 Å². The number of rotatable bonds is 6. The number of alkyl carbamates (subject to hydrolysis) is 1. The lowest BCUT2D eigenvalue weighted by atomic mass is 9.83. The Labute approximate surface area is 322 Å². The molecule has 5 rings (SSSR count). The Bertz CT molecular complexity index is 1710. The summed E-state index contributed by atoms with van der Waals surface area (Å²) in [6, 6.07) is 3.17. The molecule has 1 aromatic rings. The Morgan fingerprint density at radius 3 is 2.49 bits per heavy atom. The van der Waals surface area contributed by atoms with Crippen LogP contribution in [0.5, 0.6) is 5.75 Å². The Morgan fingerprint density at radius 2 is 1.87 bits per heavy atom. The molecule has 3 amide bonds. The van der Waals surface area contributed by atoms with Crippen molar-refractivity contribution in [2.45, 2.75) is 113 Å². The van der Waals surface area contributed by atoms with Crippen molar-refractivity contribution in [3.05, 3.63) is 46.5 Å². The molecule has 0 unspecified atom stereocenters. The molecule has 55 heavy (non-hydrogen) atoms. The molecule has 19 heteroatoms. The third-order valence-electron chi connectivity index (χ3n) is 10.4. The van der Waals surface area contributed by atoms with Gasteiger partial charge in [0.15, 0.2) is 18.1 Å². The fourth-order valence-corrected chi connectivity index (χ4v) is 7.81. The topological polar surface area (TPSA) is 258 Å². The monoisotopic (exact) mass is 797 g/mol. The molecule has 7 N–H and O–H groups in total. The maximum atomic E-state index is 14.8. The second kappa shape index (κ2) is 16.6. The summed E-state index contributed by atoms with van der Waals surface area (Å²) < 4.78 is 39.5. The summed E-state index contributed by atoms with van der Waals surface area (Å²) in [5.74, 6) is -2.12. The molecule has 3 saturated heterocycles. The van der Waals surface area contributed by atoms with Crippen LogP contribution < -0.4 is 20.7 Å². The third kappa shape index (κ3) is 8.71. The molecular formula is C36H48ClN3O15. The van der Waals surface area contributed by atoms with Crippen LogP contribution in [0.3, 0.4) is 0 Å². The molecule has 4 bridgehead atoms. The predicted molar refractivity (Wildman–Crippen MR) is 191 cm³/mol. The average molecular weight is 798 g/mol. The Kier molecular flexibility index (Phi) is 12.7. The summed E-state index contributed by atoms with van der Waals surface area (Å²) in [6.07, 6.45) is -10.5. The molecular weight excluding hydrogens is 750 g/mol. The van der Waals surface area contributed by atoms with Gasteiger partial charge in [0.25, 0.3) is 0 Å². The van der Waals surface area contributed by atoms with Gasteiger partial charge in [-0.3, -0.25) is 19.8 Å². The number of anilines is 1. The van der Waals surface area contributed by atoms with E-state index in [9.17, 15) is 39.6 Å². The summed E-state index contributed by atoms with van der Waals surface area (Å²) in [5.41, 5.74) is 3.20. The van der Waals surface area contributed by atoms with E-state index >= 15 is 0 Å². The van der Waals surface area contributed by atoms with Crippen LogP contribution in [0.2, 0.25) is 5.02 Å². The molecule has 304 valence electrons. The van der Waals surface area contributed by atoms with Crippen molar-refractivity contribution in [3.63, 3.8) is 0 Å². The highest BCUT2D eigenvalue weighted by Gasteiger charge is 2.64.